The molecule has 0 aromatic heterocycles. The molecule has 1 unspecified atom stereocenters. The van der Waals surface area contributed by atoms with Crippen molar-refractivity contribution < 1.29 is 23.8 Å². The van der Waals surface area contributed by atoms with E-state index in [2.05, 4.69) is 5.32 Å². The molecule has 2 N–H and O–H groups in total. The average Bonchev–Trinajstić information content (AvgIpc) is 2.47. The molecular formula is C15H21FN2O4. The van der Waals surface area contributed by atoms with Crippen LogP contribution in [0.2, 0.25) is 0 Å². The average molecular weight is 312 g/mol. The van der Waals surface area contributed by atoms with E-state index >= 15 is 0 Å². The maximum absolute atomic E-state index is 13.5. The summed E-state index contributed by atoms with van der Waals surface area (Å²) in [4.78, 5) is 23.9. The molecule has 0 spiro atoms. The first-order valence-electron chi connectivity index (χ1n) is 6.83. The first kappa shape index (κ1) is 17.9. The number of halogens is 1. The second-order valence-electron chi connectivity index (χ2n) is 5.14. The summed E-state index contributed by atoms with van der Waals surface area (Å²) in [5.41, 5.74) is 1.16. The molecule has 2 amide bonds. The number of hydrogen-bond donors (Lipinski definition) is 2. The standard InChI is InChI=1S/C15H21FN2O4/c1-10(14(19)20)8-18(2)15(21)17-7-11-4-5-13(16)12(6-11)9-22-3/h4-6,10H,7-9H2,1-3H3,(H,17,21)(H,19,20). The highest BCUT2D eigenvalue weighted by Crippen LogP contribution is 2.11. The molecule has 0 bridgehead atoms. The lowest BCUT2D eigenvalue weighted by Gasteiger charge is -2.20. The molecule has 22 heavy (non-hydrogen) atoms. The van der Waals surface area contributed by atoms with Crippen LogP contribution in [0.4, 0.5) is 9.18 Å². The summed E-state index contributed by atoms with van der Waals surface area (Å²) in [7, 11) is 3.00. The minimum absolute atomic E-state index is 0.111. The van der Waals surface area contributed by atoms with E-state index in [-0.39, 0.29) is 31.5 Å². The minimum atomic E-state index is -0.956. The Balaban J connectivity index is 2.56. The number of carboxylic acids is 1. The first-order chi connectivity index (χ1) is 10.3. The Morgan fingerprint density at radius 3 is 2.73 bits per heavy atom. The fraction of sp³-hybridized carbons (Fsp3) is 0.467. The normalized spacial score (nSPS) is 11.8. The second-order valence-corrected chi connectivity index (χ2v) is 5.14. The summed E-state index contributed by atoms with van der Waals surface area (Å²) in [5, 5.41) is 11.5. The molecule has 6 nitrogen and oxygen atoms in total. The van der Waals surface area contributed by atoms with Crippen molar-refractivity contribution in [2.75, 3.05) is 20.7 Å². The molecule has 0 aliphatic rings. The molecule has 0 heterocycles. The Kier molecular flexibility index (Phi) is 6.78. The van der Waals surface area contributed by atoms with Crippen LogP contribution in [0.15, 0.2) is 18.2 Å². The number of methoxy groups -OCH3 is 1. The van der Waals surface area contributed by atoms with E-state index in [0.717, 1.165) is 5.56 Å². The number of ether oxygens (including phenoxy) is 1. The number of hydrogen-bond acceptors (Lipinski definition) is 3. The number of nitrogens with zero attached hydrogens (tertiary/aromatic N) is 1. The van der Waals surface area contributed by atoms with Crippen molar-refractivity contribution in [2.45, 2.75) is 20.1 Å². The molecule has 1 rings (SSSR count). The molecule has 0 saturated heterocycles. The van der Waals surface area contributed by atoms with Crippen molar-refractivity contribution in [1.82, 2.24) is 10.2 Å². The highest BCUT2D eigenvalue weighted by Gasteiger charge is 2.17. The number of carbonyl (C=O) groups is 2. The van der Waals surface area contributed by atoms with E-state index in [1.807, 2.05) is 0 Å². The summed E-state index contributed by atoms with van der Waals surface area (Å²) >= 11 is 0. The number of carbonyl (C=O) groups excluding carboxylic acids is 1. The van der Waals surface area contributed by atoms with Gasteiger partial charge in [-0.05, 0) is 17.7 Å². The van der Waals surface area contributed by atoms with Gasteiger partial charge in [-0.25, -0.2) is 9.18 Å². The van der Waals surface area contributed by atoms with Gasteiger partial charge in [-0.3, -0.25) is 4.79 Å². The molecule has 1 atom stereocenters. The van der Waals surface area contributed by atoms with Gasteiger partial charge in [0.1, 0.15) is 5.82 Å². The van der Waals surface area contributed by atoms with Crippen LogP contribution < -0.4 is 5.32 Å². The maximum atomic E-state index is 13.5. The van der Waals surface area contributed by atoms with Crippen molar-refractivity contribution in [3.8, 4) is 0 Å². The molecular weight excluding hydrogens is 291 g/mol. The van der Waals surface area contributed by atoms with Gasteiger partial charge in [-0.15, -0.1) is 0 Å². The highest BCUT2D eigenvalue weighted by atomic mass is 19.1. The predicted molar refractivity (Wildman–Crippen MR) is 78.8 cm³/mol. The summed E-state index contributed by atoms with van der Waals surface area (Å²) < 4.78 is 18.4. The largest absolute Gasteiger partial charge is 0.481 e. The number of carboxylic acid groups (broad SMARTS) is 1. The van der Waals surface area contributed by atoms with Gasteiger partial charge in [-0.2, -0.15) is 0 Å². The molecule has 0 radical (unpaired) electrons. The number of nitrogens with one attached hydrogen (secondary N) is 1. The minimum Gasteiger partial charge on any atom is -0.481 e. The summed E-state index contributed by atoms with van der Waals surface area (Å²) in [5.74, 6) is -1.96. The molecule has 0 saturated carbocycles. The Hall–Kier alpha value is -2.15. The summed E-state index contributed by atoms with van der Waals surface area (Å²) in [6.07, 6.45) is 0. The van der Waals surface area contributed by atoms with Crippen LogP contribution in [0.25, 0.3) is 0 Å². The van der Waals surface area contributed by atoms with Crippen LogP contribution in [0, 0.1) is 11.7 Å². The van der Waals surface area contributed by atoms with Gasteiger partial charge < -0.3 is 20.1 Å². The number of amides is 2. The van der Waals surface area contributed by atoms with Crippen LogP contribution in [-0.2, 0) is 22.7 Å². The lowest BCUT2D eigenvalue weighted by Crippen LogP contribution is -2.40. The number of benzene rings is 1. The molecule has 1 aromatic rings. The lowest BCUT2D eigenvalue weighted by atomic mass is 10.1. The van der Waals surface area contributed by atoms with Crippen LogP contribution in [0.1, 0.15) is 18.1 Å². The lowest BCUT2D eigenvalue weighted by molar-refractivity contribution is -0.141. The van der Waals surface area contributed by atoms with E-state index in [0.29, 0.717) is 5.56 Å². The Bertz CT molecular complexity index is 536. The summed E-state index contributed by atoms with van der Waals surface area (Å²) in [6, 6.07) is 4.14. The topological polar surface area (TPSA) is 78.9 Å². The SMILES string of the molecule is COCc1cc(CNC(=O)N(C)CC(C)C(=O)O)ccc1F. The van der Waals surface area contributed by atoms with Gasteiger partial charge in [0, 0.05) is 32.8 Å². The smallest absolute Gasteiger partial charge is 0.317 e. The van der Waals surface area contributed by atoms with Gasteiger partial charge in [0.15, 0.2) is 0 Å². The van der Waals surface area contributed by atoms with Crippen molar-refractivity contribution in [2.24, 2.45) is 5.92 Å². The third-order valence-electron chi connectivity index (χ3n) is 3.17. The molecule has 122 valence electrons. The highest BCUT2D eigenvalue weighted by molar-refractivity contribution is 5.75. The quantitative estimate of drug-likeness (QED) is 0.805. The van der Waals surface area contributed by atoms with Gasteiger partial charge in [-0.1, -0.05) is 13.0 Å². The van der Waals surface area contributed by atoms with E-state index in [9.17, 15) is 14.0 Å². The van der Waals surface area contributed by atoms with Crippen molar-refractivity contribution >= 4 is 12.0 Å². The first-order valence-corrected chi connectivity index (χ1v) is 6.83. The van der Waals surface area contributed by atoms with Crippen LogP contribution in [-0.4, -0.2) is 42.7 Å². The molecule has 0 aliphatic carbocycles. The number of aliphatic carboxylic acids is 1. The third-order valence-corrected chi connectivity index (χ3v) is 3.17. The zero-order valence-corrected chi connectivity index (χ0v) is 12.9. The van der Waals surface area contributed by atoms with Gasteiger partial charge in [0.05, 0.1) is 12.5 Å². The monoisotopic (exact) mass is 312 g/mol. The number of urea groups is 1. The van der Waals surface area contributed by atoms with E-state index in [4.69, 9.17) is 9.84 Å². The van der Waals surface area contributed by atoms with Crippen molar-refractivity contribution in [3.05, 3.63) is 35.1 Å². The fourth-order valence-corrected chi connectivity index (χ4v) is 1.89. The molecule has 7 heteroatoms. The Morgan fingerprint density at radius 1 is 1.45 bits per heavy atom. The second kappa shape index (κ2) is 8.33. The van der Waals surface area contributed by atoms with Crippen LogP contribution in [0.3, 0.4) is 0 Å². The Morgan fingerprint density at radius 2 is 2.14 bits per heavy atom. The van der Waals surface area contributed by atoms with E-state index in [1.54, 1.807) is 12.1 Å². The van der Waals surface area contributed by atoms with Crippen molar-refractivity contribution in [3.63, 3.8) is 0 Å². The molecule has 1 aromatic carbocycles. The maximum Gasteiger partial charge on any atom is 0.317 e. The fourth-order valence-electron chi connectivity index (χ4n) is 1.89. The third kappa shape index (κ3) is 5.33. The zero-order chi connectivity index (χ0) is 16.7. The van der Waals surface area contributed by atoms with Gasteiger partial charge in [0.2, 0.25) is 0 Å². The Labute approximate surface area is 128 Å². The molecule has 0 aliphatic heterocycles. The zero-order valence-electron chi connectivity index (χ0n) is 12.9. The molecule has 0 fully saturated rings. The van der Waals surface area contributed by atoms with Gasteiger partial charge >= 0.3 is 12.0 Å². The van der Waals surface area contributed by atoms with E-state index < -0.39 is 11.9 Å². The van der Waals surface area contributed by atoms with E-state index in [1.165, 1.54) is 32.0 Å². The van der Waals surface area contributed by atoms with Crippen molar-refractivity contribution in [1.29, 1.82) is 0 Å². The number of rotatable bonds is 7. The van der Waals surface area contributed by atoms with Gasteiger partial charge in [0.25, 0.3) is 0 Å². The summed E-state index contributed by atoms with van der Waals surface area (Å²) in [6.45, 7) is 2.02. The van der Waals surface area contributed by atoms with Crippen LogP contribution >= 0.6 is 0 Å². The predicted octanol–water partition coefficient (Wildman–Crippen LogP) is 1.83. The van der Waals surface area contributed by atoms with Crippen LogP contribution in [0.5, 0.6) is 0 Å².